The van der Waals surface area contributed by atoms with Gasteiger partial charge in [0.05, 0.1) is 38.1 Å². The summed E-state index contributed by atoms with van der Waals surface area (Å²) < 4.78 is 17.2. The SMILES string of the molecule is CNc1nc(C2=CCOCC2)c2cc(OC)c(OCCCN3CCCC3)cc2n1. The number of fused-ring (bicyclic) bond motifs is 1. The summed E-state index contributed by atoms with van der Waals surface area (Å²) in [4.78, 5) is 11.9. The summed E-state index contributed by atoms with van der Waals surface area (Å²) >= 11 is 0. The van der Waals surface area contributed by atoms with E-state index in [-0.39, 0.29) is 0 Å². The van der Waals surface area contributed by atoms with Crippen LogP contribution in [0.5, 0.6) is 11.5 Å². The van der Waals surface area contributed by atoms with Gasteiger partial charge in [0, 0.05) is 25.0 Å². The first-order valence-electron chi connectivity index (χ1n) is 10.5. The van der Waals surface area contributed by atoms with Crippen LogP contribution in [0, 0.1) is 0 Å². The molecule has 3 heterocycles. The Hall–Kier alpha value is -2.38. The molecule has 0 saturated carbocycles. The number of aromatic nitrogens is 2. The maximum atomic E-state index is 6.09. The van der Waals surface area contributed by atoms with Crippen LogP contribution in [0.15, 0.2) is 18.2 Å². The summed E-state index contributed by atoms with van der Waals surface area (Å²) in [7, 11) is 3.51. The summed E-state index contributed by atoms with van der Waals surface area (Å²) in [5.74, 6) is 2.05. The molecule has 1 fully saturated rings. The molecule has 0 atom stereocenters. The fourth-order valence-corrected chi connectivity index (χ4v) is 3.98. The molecule has 1 aromatic heterocycles. The molecule has 2 aliphatic rings. The number of hydrogen-bond acceptors (Lipinski definition) is 7. The third-order valence-electron chi connectivity index (χ3n) is 5.55. The van der Waals surface area contributed by atoms with Gasteiger partial charge in [0.1, 0.15) is 0 Å². The number of nitrogens with one attached hydrogen (secondary N) is 1. The standard InChI is InChI=1S/C22H30N4O3/c1-23-22-24-18-15-20(29-11-5-10-26-8-3-4-9-26)19(27-2)14-17(18)21(25-22)16-6-12-28-13-7-16/h6,14-15H,3-5,7-13H2,1-2H3,(H,23,24,25). The number of likely N-dealkylation sites (tertiary alicyclic amines) is 1. The van der Waals surface area contributed by atoms with E-state index in [2.05, 4.69) is 21.3 Å². The Labute approximate surface area is 172 Å². The number of rotatable bonds is 8. The zero-order valence-electron chi connectivity index (χ0n) is 17.4. The molecule has 0 amide bonds. The van der Waals surface area contributed by atoms with Crippen LogP contribution >= 0.6 is 0 Å². The molecular formula is C22H30N4O3. The van der Waals surface area contributed by atoms with Crippen LogP contribution in [0.3, 0.4) is 0 Å². The van der Waals surface area contributed by atoms with E-state index in [0.29, 0.717) is 31.5 Å². The van der Waals surface area contributed by atoms with E-state index in [0.717, 1.165) is 41.7 Å². The predicted octanol–water partition coefficient (Wildman–Crippen LogP) is 3.35. The third-order valence-corrected chi connectivity index (χ3v) is 5.55. The minimum atomic E-state index is 0.602. The first-order valence-corrected chi connectivity index (χ1v) is 10.5. The second-order valence-electron chi connectivity index (χ2n) is 7.47. The third kappa shape index (κ3) is 4.62. The quantitative estimate of drug-likeness (QED) is 0.684. The fraction of sp³-hybridized carbons (Fsp3) is 0.545. The Kier molecular flexibility index (Phi) is 6.46. The number of ether oxygens (including phenoxy) is 3. The predicted molar refractivity (Wildman–Crippen MR) is 115 cm³/mol. The van der Waals surface area contributed by atoms with E-state index in [4.69, 9.17) is 19.2 Å². The van der Waals surface area contributed by atoms with Crippen LogP contribution in [0.25, 0.3) is 16.5 Å². The molecule has 0 radical (unpaired) electrons. The fourth-order valence-electron chi connectivity index (χ4n) is 3.98. The summed E-state index contributed by atoms with van der Waals surface area (Å²) in [6, 6.07) is 3.96. The van der Waals surface area contributed by atoms with Gasteiger partial charge in [-0.2, -0.15) is 0 Å². The number of nitrogens with zero attached hydrogens (tertiary/aromatic N) is 3. The highest BCUT2D eigenvalue weighted by atomic mass is 16.5. The minimum Gasteiger partial charge on any atom is -0.493 e. The molecule has 0 spiro atoms. The second-order valence-corrected chi connectivity index (χ2v) is 7.47. The molecule has 1 aromatic carbocycles. The second kappa shape index (κ2) is 9.41. The maximum Gasteiger partial charge on any atom is 0.223 e. The first-order chi connectivity index (χ1) is 14.3. The Morgan fingerprint density at radius 1 is 1.17 bits per heavy atom. The van der Waals surface area contributed by atoms with Crippen molar-refractivity contribution < 1.29 is 14.2 Å². The molecule has 29 heavy (non-hydrogen) atoms. The van der Waals surface area contributed by atoms with E-state index in [1.165, 1.54) is 31.5 Å². The molecule has 156 valence electrons. The van der Waals surface area contributed by atoms with Crippen LogP contribution < -0.4 is 14.8 Å². The highest BCUT2D eigenvalue weighted by Gasteiger charge is 2.17. The highest BCUT2D eigenvalue weighted by molar-refractivity contribution is 5.93. The lowest BCUT2D eigenvalue weighted by molar-refractivity contribution is 0.161. The average molecular weight is 399 g/mol. The van der Waals surface area contributed by atoms with Gasteiger partial charge in [0.2, 0.25) is 5.95 Å². The van der Waals surface area contributed by atoms with E-state index in [1.807, 2.05) is 19.2 Å². The maximum absolute atomic E-state index is 6.09. The summed E-state index contributed by atoms with van der Waals surface area (Å²) in [6.45, 7) is 5.51. The van der Waals surface area contributed by atoms with E-state index in [1.54, 1.807) is 7.11 Å². The molecule has 2 aliphatic heterocycles. The minimum absolute atomic E-state index is 0.602. The largest absolute Gasteiger partial charge is 0.493 e. The Bertz CT molecular complexity index is 878. The van der Waals surface area contributed by atoms with Gasteiger partial charge >= 0.3 is 0 Å². The number of benzene rings is 1. The van der Waals surface area contributed by atoms with Gasteiger partial charge in [0.15, 0.2) is 11.5 Å². The van der Waals surface area contributed by atoms with Gasteiger partial charge in [-0.15, -0.1) is 0 Å². The van der Waals surface area contributed by atoms with Crippen molar-refractivity contribution in [2.45, 2.75) is 25.7 Å². The van der Waals surface area contributed by atoms with Crippen molar-refractivity contribution in [3.8, 4) is 11.5 Å². The lowest BCUT2D eigenvalue weighted by Gasteiger charge is -2.18. The van der Waals surface area contributed by atoms with Crippen molar-refractivity contribution in [2.24, 2.45) is 0 Å². The molecule has 1 N–H and O–H groups in total. The van der Waals surface area contributed by atoms with Crippen LogP contribution in [0.4, 0.5) is 5.95 Å². The Morgan fingerprint density at radius 2 is 2.03 bits per heavy atom. The van der Waals surface area contributed by atoms with Gasteiger partial charge in [0.25, 0.3) is 0 Å². The average Bonchev–Trinajstić information content (AvgIpc) is 3.29. The molecule has 7 heteroatoms. The van der Waals surface area contributed by atoms with Gasteiger partial charge in [-0.3, -0.25) is 0 Å². The van der Waals surface area contributed by atoms with Crippen molar-refractivity contribution in [3.05, 3.63) is 23.9 Å². The molecule has 4 rings (SSSR count). The normalized spacial score (nSPS) is 17.4. The van der Waals surface area contributed by atoms with Gasteiger partial charge < -0.3 is 24.4 Å². The topological polar surface area (TPSA) is 68.7 Å². The highest BCUT2D eigenvalue weighted by Crippen LogP contribution is 2.36. The molecule has 2 aromatic rings. The lowest BCUT2D eigenvalue weighted by Crippen LogP contribution is -2.21. The van der Waals surface area contributed by atoms with Crippen molar-refractivity contribution >= 4 is 22.4 Å². The number of methoxy groups -OCH3 is 1. The van der Waals surface area contributed by atoms with Crippen LogP contribution in [-0.4, -0.2) is 68.5 Å². The number of hydrogen-bond donors (Lipinski definition) is 1. The summed E-state index contributed by atoms with van der Waals surface area (Å²) in [5.41, 5.74) is 2.96. The lowest BCUT2D eigenvalue weighted by atomic mass is 10.0. The molecule has 7 nitrogen and oxygen atoms in total. The molecule has 1 saturated heterocycles. The Balaban J connectivity index is 1.59. The van der Waals surface area contributed by atoms with Crippen LogP contribution in [0.1, 0.15) is 31.4 Å². The smallest absolute Gasteiger partial charge is 0.223 e. The zero-order chi connectivity index (χ0) is 20.1. The van der Waals surface area contributed by atoms with E-state index < -0.39 is 0 Å². The zero-order valence-corrected chi connectivity index (χ0v) is 17.4. The summed E-state index contributed by atoms with van der Waals surface area (Å²) in [5, 5.41) is 4.04. The molecule has 0 aliphatic carbocycles. The molecule has 0 unspecified atom stereocenters. The summed E-state index contributed by atoms with van der Waals surface area (Å²) in [6.07, 6.45) is 6.58. The monoisotopic (exact) mass is 398 g/mol. The first kappa shape index (κ1) is 19.9. The van der Waals surface area contributed by atoms with Crippen molar-refractivity contribution in [1.29, 1.82) is 0 Å². The molecular weight excluding hydrogens is 368 g/mol. The van der Waals surface area contributed by atoms with Crippen LogP contribution in [-0.2, 0) is 4.74 Å². The van der Waals surface area contributed by atoms with Crippen LogP contribution in [0.2, 0.25) is 0 Å². The van der Waals surface area contributed by atoms with Crippen molar-refractivity contribution in [1.82, 2.24) is 14.9 Å². The van der Waals surface area contributed by atoms with Gasteiger partial charge in [-0.25, -0.2) is 9.97 Å². The van der Waals surface area contributed by atoms with Crippen molar-refractivity contribution in [3.63, 3.8) is 0 Å². The van der Waals surface area contributed by atoms with E-state index in [9.17, 15) is 0 Å². The molecule has 0 bridgehead atoms. The Morgan fingerprint density at radius 3 is 2.76 bits per heavy atom. The number of anilines is 1. The van der Waals surface area contributed by atoms with E-state index >= 15 is 0 Å². The van der Waals surface area contributed by atoms with Gasteiger partial charge in [-0.05, 0) is 50.4 Å². The van der Waals surface area contributed by atoms with Crippen molar-refractivity contribution in [2.75, 3.05) is 58.9 Å². The van der Waals surface area contributed by atoms with Gasteiger partial charge in [-0.1, -0.05) is 6.08 Å².